The average Bonchev–Trinajstić information content (AvgIpc) is 3.48. The zero-order valence-corrected chi connectivity index (χ0v) is 20.3. The lowest BCUT2D eigenvalue weighted by Gasteiger charge is -2.08. The Morgan fingerprint density at radius 1 is 1.05 bits per heavy atom. The maximum absolute atomic E-state index is 11.1. The SMILES string of the molecule is Cn1c(CNc2ccc(C(=N)N)cc2)nc2cc(-n3nc(CCC(=O)O)cc3-c3ccccc3)ccc21. The van der Waals surface area contributed by atoms with Gasteiger partial charge in [0.15, 0.2) is 0 Å². The zero-order valence-electron chi connectivity index (χ0n) is 20.3. The standard InChI is InChI=1S/C28H27N7O2/c1-34-24-13-12-22(16-23(24)32-26(34)17-31-20-9-7-19(8-10-20)28(29)30)35-25(18-5-3-2-4-6-18)15-21(33-35)11-14-27(36)37/h2-10,12-13,15-16,31H,11,14,17H2,1H3,(H3,29,30)(H,36,37). The van der Waals surface area contributed by atoms with Gasteiger partial charge in [-0.05, 0) is 48.5 Å². The number of nitrogens with zero attached hydrogens (tertiary/aromatic N) is 4. The summed E-state index contributed by atoms with van der Waals surface area (Å²) >= 11 is 0. The molecule has 0 aliphatic carbocycles. The van der Waals surface area contributed by atoms with Crippen LogP contribution in [0.3, 0.4) is 0 Å². The number of nitrogens with one attached hydrogen (secondary N) is 2. The number of hydrogen-bond acceptors (Lipinski definition) is 5. The second-order valence-corrected chi connectivity index (χ2v) is 8.80. The molecule has 0 saturated carbocycles. The van der Waals surface area contributed by atoms with Gasteiger partial charge in [-0.1, -0.05) is 30.3 Å². The number of hydrogen-bond donors (Lipinski definition) is 4. The number of benzene rings is 3. The first kappa shape index (κ1) is 23.8. The molecule has 186 valence electrons. The molecule has 0 aliphatic rings. The minimum absolute atomic E-state index is 0.0261. The third-order valence-corrected chi connectivity index (χ3v) is 6.27. The highest BCUT2D eigenvalue weighted by molar-refractivity contribution is 5.95. The number of aliphatic carboxylic acids is 1. The molecule has 0 fully saturated rings. The van der Waals surface area contributed by atoms with E-state index in [9.17, 15) is 4.79 Å². The Hall–Kier alpha value is -4.92. The molecule has 5 N–H and O–H groups in total. The second-order valence-electron chi connectivity index (χ2n) is 8.80. The molecule has 3 aromatic carbocycles. The first-order chi connectivity index (χ1) is 17.9. The number of amidine groups is 1. The molecule has 0 atom stereocenters. The van der Waals surface area contributed by atoms with Crippen molar-refractivity contribution in [2.45, 2.75) is 19.4 Å². The van der Waals surface area contributed by atoms with Gasteiger partial charge in [0.05, 0.1) is 41.1 Å². The van der Waals surface area contributed by atoms with E-state index in [0.29, 0.717) is 18.5 Å². The number of carboxylic acids is 1. The van der Waals surface area contributed by atoms with Crippen molar-refractivity contribution in [3.8, 4) is 16.9 Å². The van der Waals surface area contributed by atoms with E-state index in [4.69, 9.17) is 26.3 Å². The molecule has 5 rings (SSSR count). The third-order valence-electron chi connectivity index (χ3n) is 6.27. The summed E-state index contributed by atoms with van der Waals surface area (Å²) in [5.41, 5.74) is 12.4. The van der Waals surface area contributed by atoms with E-state index >= 15 is 0 Å². The van der Waals surface area contributed by atoms with Crippen molar-refractivity contribution in [1.29, 1.82) is 5.41 Å². The van der Waals surface area contributed by atoms with Crippen LogP contribution >= 0.6 is 0 Å². The summed E-state index contributed by atoms with van der Waals surface area (Å²) < 4.78 is 3.91. The van der Waals surface area contributed by atoms with Crippen molar-refractivity contribution in [3.05, 3.63) is 95.9 Å². The maximum atomic E-state index is 11.1. The van der Waals surface area contributed by atoms with E-state index in [1.54, 1.807) is 0 Å². The number of nitrogens with two attached hydrogens (primary N) is 1. The Morgan fingerprint density at radius 2 is 1.81 bits per heavy atom. The molecule has 9 nitrogen and oxygen atoms in total. The van der Waals surface area contributed by atoms with Crippen LogP contribution < -0.4 is 11.1 Å². The molecule has 0 amide bonds. The largest absolute Gasteiger partial charge is 0.481 e. The summed E-state index contributed by atoms with van der Waals surface area (Å²) in [4.78, 5) is 16.0. The van der Waals surface area contributed by atoms with Crippen LogP contribution in [0.15, 0.2) is 78.9 Å². The van der Waals surface area contributed by atoms with Crippen molar-refractivity contribution in [3.63, 3.8) is 0 Å². The molecule has 0 radical (unpaired) electrons. The number of rotatable bonds is 9. The van der Waals surface area contributed by atoms with Crippen molar-refractivity contribution in [1.82, 2.24) is 19.3 Å². The Balaban J connectivity index is 1.45. The van der Waals surface area contributed by atoms with Crippen LogP contribution in [-0.4, -0.2) is 36.2 Å². The van der Waals surface area contributed by atoms with E-state index < -0.39 is 5.97 Å². The number of imidazole rings is 1. The molecule has 5 aromatic rings. The first-order valence-electron chi connectivity index (χ1n) is 11.9. The molecule has 0 bridgehead atoms. The molecular weight excluding hydrogens is 466 g/mol. The summed E-state index contributed by atoms with van der Waals surface area (Å²) in [6.45, 7) is 0.524. The highest BCUT2D eigenvalue weighted by Gasteiger charge is 2.15. The van der Waals surface area contributed by atoms with Crippen LogP contribution in [-0.2, 0) is 24.8 Å². The maximum Gasteiger partial charge on any atom is 0.303 e. The topological polar surface area (TPSA) is 135 Å². The van der Waals surface area contributed by atoms with Crippen LogP contribution in [0.2, 0.25) is 0 Å². The third kappa shape index (κ3) is 5.06. The lowest BCUT2D eigenvalue weighted by molar-refractivity contribution is -0.136. The molecule has 0 spiro atoms. The summed E-state index contributed by atoms with van der Waals surface area (Å²) in [5.74, 6) is 0.0645. The number of fused-ring (bicyclic) bond motifs is 1. The van der Waals surface area contributed by atoms with Crippen molar-refractivity contribution in [2.24, 2.45) is 12.8 Å². The Bertz CT molecular complexity index is 1580. The van der Waals surface area contributed by atoms with E-state index in [2.05, 4.69) is 9.88 Å². The normalized spacial score (nSPS) is 11.1. The molecule has 2 heterocycles. The fraction of sp³-hybridized carbons (Fsp3) is 0.143. The molecule has 0 unspecified atom stereocenters. The number of anilines is 1. The van der Waals surface area contributed by atoms with Gasteiger partial charge in [-0.25, -0.2) is 9.67 Å². The number of nitrogen functional groups attached to an aromatic ring is 1. The molecule has 0 aliphatic heterocycles. The van der Waals surface area contributed by atoms with Crippen LogP contribution in [0.4, 0.5) is 5.69 Å². The summed E-state index contributed by atoms with van der Waals surface area (Å²) in [7, 11) is 1.98. The predicted octanol–water partition coefficient (Wildman–Crippen LogP) is 4.34. The van der Waals surface area contributed by atoms with Gasteiger partial charge in [-0.15, -0.1) is 0 Å². The van der Waals surface area contributed by atoms with Gasteiger partial charge in [0.1, 0.15) is 11.7 Å². The molecule has 9 heteroatoms. The van der Waals surface area contributed by atoms with Gasteiger partial charge in [0.25, 0.3) is 0 Å². The monoisotopic (exact) mass is 493 g/mol. The van der Waals surface area contributed by atoms with Crippen LogP contribution in [0.1, 0.15) is 23.5 Å². The molecule has 0 saturated heterocycles. The average molecular weight is 494 g/mol. The lowest BCUT2D eigenvalue weighted by atomic mass is 10.1. The predicted molar refractivity (Wildman–Crippen MR) is 144 cm³/mol. The number of aryl methyl sites for hydroxylation is 2. The summed E-state index contributed by atoms with van der Waals surface area (Å²) in [6, 6.07) is 25.3. The van der Waals surface area contributed by atoms with Crippen LogP contribution in [0.25, 0.3) is 28.0 Å². The van der Waals surface area contributed by atoms with Crippen molar-refractivity contribution >= 4 is 28.5 Å². The van der Waals surface area contributed by atoms with Crippen molar-refractivity contribution in [2.75, 3.05) is 5.32 Å². The molecule has 2 aromatic heterocycles. The van der Waals surface area contributed by atoms with E-state index in [-0.39, 0.29) is 12.3 Å². The van der Waals surface area contributed by atoms with Gasteiger partial charge in [0.2, 0.25) is 0 Å². The quantitative estimate of drug-likeness (QED) is 0.178. The zero-order chi connectivity index (χ0) is 25.9. The van der Waals surface area contributed by atoms with E-state index in [1.165, 1.54) is 0 Å². The number of carbonyl (C=O) groups is 1. The highest BCUT2D eigenvalue weighted by atomic mass is 16.4. The van der Waals surface area contributed by atoms with Gasteiger partial charge in [-0.2, -0.15) is 5.10 Å². The molecule has 37 heavy (non-hydrogen) atoms. The van der Waals surface area contributed by atoms with Crippen LogP contribution in [0.5, 0.6) is 0 Å². The second kappa shape index (κ2) is 9.98. The number of carboxylic acid groups (broad SMARTS) is 1. The van der Waals surface area contributed by atoms with Gasteiger partial charge < -0.3 is 20.7 Å². The lowest BCUT2D eigenvalue weighted by Crippen LogP contribution is -2.11. The Labute approximate surface area is 213 Å². The fourth-order valence-electron chi connectivity index (χ4n) is 4.28. The van der Waals surface area contributed by atoms with E-state index in [0.717, 1.165) is 45.2 Å². The van der Waals surface area contributed by atoms with Gasteiger partial charge in [-0.3, -0.25) is 10.2 Å². The van der Waals surface area contributed by atoms with Crippen molar-refractivity contribution < 1.29 is 9.90 Å². The molecular formula is C28H27N7O2. The van der Waals surface area contributed by atoms with Gasteiger partial charge >= 0.3 is 5.97 Å². The number of aromatic nitrogens is 4. The Kier molecular flexibility index (Phi) is 6.42. The minimum Gasteiger partial charge on any atom is -0.481 e. The van der Waals surface area contributed by atoms with Gasteiger partial charge in [0, 0.05) is 30.3 Å². The van der Waals surface area contributed by atoms with Crippen LogP contribution in [0, 0.1) is 5.41 Å². The summed E-state index contributed by atoms with van der Waals surface area (Å²) in [5, 5.41) is 24.8. The fourth-order valence-corrected chi connectivity index (χ4v) is 4.28. The summed E-state index contributed by atoms with van der Waals surface area (Å²) in [6.07, 6.45) is 0.384. The smallest absolute Gasteiger partial charge is 0.303 e. The van der Waals surface area contributed by atoms with E-state index in [1.807, 2.05) is 90.6 Å². The minimum atomic E-state index is -0.846. The Morgan fingerprint density at radius 3 is 2.51 bits per heavy atom. The highest BCUT2D eigenvalue weighted by Crippen LogP contribution is 2.27. The first-order valence-corrected chi connectivity index (χ1v) is 11.9.